The molecule has 6 nitrogen and oxygen atoms in total. The summed E-state index contributed by atoms with van der Waals surface area (Å²) in [6, 6.07) is 12.9. The minimum atomic E-state index is -4.26. The number of nitrogens with zero attached hydrogens (tertiary/aromatic N) is 1. The summed E-state index contributed by atoms with van der Waals surface area (Å²) >= 11 is 0. The number of nitrogens with one attached hydrogen (secondary N) is 1. The topological polar surface area (TPSA) is 97.0 Å². The van der Waals surface area contributed by atoms with Crippen molar-refractivity contribution >= 4 is 19.7 Å². The van der Waals surface area contributed by atoms with E-state index in [0.29, 0.717) is 5.56 Å². The third-order valence-electron chi connectivity index (χ3n) is 4.53. The van der Waals surface area contributed by atoms with Crippen LogP contribution >= 0.6 is 0 Å². The second kappa shape index (κ2) is 6.82. The Kier molecular flexibility index (Phi) is 4.59. The average Bonchev–Trinajstić information content (AvgIpc) is 3.34. The van der Waals surface area contributed by atoms with E-state index in [2.05, 4.69) is 9.97 Å². The van der Waals surface area contributed by atoms with Crippen LogP contribution in [0.2, 0.25) is 0 Å². The van der Waals surface area contributed by atoms with Crippen LogP contribution in [0.1, 0.15) is 12.8 Å². The average molecular weight is 420 g/mol. The van der Waals surface area contributed by atoms with E-state index in [1.165, 1.54) is 0 Å². The van der Waals surface area contributed by atoms with Crippen LogP contribution < -0.4 is 0 Å². The van der Waals surface area contributed by atoms with Gasteiger partial charge in [0.1, 0.15) is 11.6 Å². The summed E-state index contributed by atoms with van der Waals surface area (Å²) in [4.78, 5) is 6.62. The zero-order chi connectivity index (χ0) is 19.9. The fourth-order valence-corrected chi connectivity index (χ4v) is 6.49. The zero-order valence-corrected chi connectivity index (χ0v) is 16.3. The summed E-state index contributed by atoms with van der Waals surface area (Å²) in [6.45, 7) is 0. The molecule has 0 aliphatic heterocycles. The van der Waals surface area contributed by atoms with Crippen molar-refractivity contribution in [2.24, 2.45) is 5.92 Å². The summed E-state index contributed by atoms with van der Waals surface area (Å²) in [5.74, 6) is -0.534. The van der Waals surface area contributed by atoms with Crippen molar-refractivity contribution in [3.63, 3.8) is 0 Å². The molecule has 0 saturated heterocycles. The monoisotopic (exact) mass is 420 g/mol. The molecule has 0 spiro atoms. The number of H-pyrrole nitrogens is 1. The number of hydrogen-bond donors (Lipinski definition) is 1. The summed E-state index contributed by atoms with van der Waals surface area (Å²) in [6.07, 6.45) is 1.61. The molecule has 0 atom stereocenters. The number of aromatic amines is 1. The minimum Gasteiger partial charge on any atom is -0.328 e. The Bertz CT molecular complexity index is 1210. The van der Waals surface area contributed by atoms with Gasteiger partial charge < -0.3 is 4.98 Å². The standard InChI is InChI=1S/C19H17FN2O4S2/c20-15-8-10-16(11-9-15)28(25,26)19-18(27(23,24)12-13-6-7-13)21-17(22-19)14-4-2-1-3-5-14/h1-5,8-11,13H,6-7,12H2,(H,21,22). The van der Waals surface area contributed by atoms with Gasteiger partial charge in [-0.15, -0.1) is 0 Å². The molecule has 9 heteroatoms. The lowest BCUT2D eigenvalue weighted by atomic mass is 10.2. The second-order valence-corrected chi connectivity index (χ2v) is 10.6. The molecular formula is C19H17FN2O4S2. The molecule has 0 amide bonds. The number of sulfone groups is 2. The van der Waals surface area contributed by atoms with E-state index in [9.17, 15) is 21.2 Å². The molecule has 1 saturated carbocycles. The molecule has 1 aliphatic carbocycles. The number of halogens is 1. The van der Waals surface area contributed by atoms with Crippen molar-refractivity contribution in [2.45, 2.75) is 27.8 Å². The smallest absolute Gasteiger partial charge is 0.226 e. The van der Waals surface area contributed by atoms with Crippen LogP contribution in [0.5, 0.6) is 0 Å². The number of hydrogen-bond acceptors (Lipinski definition) is 5. The van der Waals surface area contributed by atoms with Gasteiger partial charge in [-0.3, -0.25) is 0 Å². The van der Waals surface area contributed by atoms with Crippen molar-refractivity contribution < 1.29 is 21.2 Å². The first-order chi connectivity index (χ1) is 13.3. The van der Waals surface area contributed by atoms with E-state index in [1.54, 1.807) is 30.3 Å². The predicted octanol–water partition coefficient (Wildman–Crippen LogP) is 3.23. The number of imidazole rings is 1. The third-order valence-corrected chi connectivity index (χ3v) is 8.18. The van der Waals surface area contributed by atoms with Gasteiger partial charge in [-0.2, -0.15) is 0 Å². The van der Waals surface area contributed by atoms with Gasteiger partial charge in [-0.1, -0.05) is 30.3 Å². The van der Waals surface area contributed by atoms with Gasteiger partial charge >= 0.3 is 0 Å². The Morgan fingerprint density at radius 1 is 0.964 bits per heavy atom. The van der Waals surface area contributed by atoms with Crippen molar-refractivity contribution in [3.05, 3.63) is 60.4 Å². The van der Waals surface area contributed by atoms with Crippen molar-refractivity contribution in [1.82, 2.24) is 9.97 Å². The summed E-state index contributed by atoms with van der Waals surface area (Å²) in [5, 5.41) is -0.971. The van der Waals surface area contributed by atoms with Crippen molar-refractivity contribution in [3.8, 4) is 11.4 Å². The lowest BCUT2D eigenvalue weighted by Gasteiger charge is -2.06. The molecule has 1 fully saturated rings. The summed E-state index contributed by atoms with van der Waals surface area (Å²) in [5.41, 5.74) is 0.561. The highest BCUT2D eigenvalue weighted by Crippen LogP contribution is 2.35. The molecule has 146 valence electrons. The molecule has 1 aromatic heterocycles. The van der Waals surface area contributed by atoms with Crippen LogP contribution in [0, 0.1) is 11.7 Å². The SMILES string of the molecule is O=S(=O)(CC1CC1)c1[nH]c(-c2ccccc2)nc1S(=O)(=O)c1ccc(F)cc1. The highest BCUT2D eigenvalue weighted by Gasteiger charge is 2.36. The Balaban J connectivity index is 1.89. The van der Waals surface area contributed by atoms with Gasteiger partial charge in [0, 0.05) is 5.56 Å². The first kappa shape index (κ1) is 18.8. The van der Waals surface area contributed by atoms with Gasteiger partial charge in [0.25, 0.3) is 0 Å². The van der Waals surface area contributed by atoms with Gasteiger partial charge in [-0.05, 0) is 43.0 Å². The first-order valence-corrected chi connectivity index (χ1v) is 11.8. The molecule has 1 aliphatic rings. The number of rotatable bonds is 6. The van der Waals surface area contributed by atoms with Crippen LogP contribution in [0.25, 0.3) is 11.4 Å². The molecule has 0 unspecified atom stereocenters. The van der Waals surface area contributed by atoms with Crippen LogP contribution in [0.15, 0.2) is 69.5 Å². The highest BCUT2D eigenvalue weighted by atomic mass is 32.2. The van der Waals surface area contributed by atoms with Crippen LogP contribution in [0.4, 0.5) is 4.39 Å². The highest BCUT2D eigenvalue weighted by molar-refractivity contribution is 7.94. The van der Waals surface area contributed by atoms with E-state index >= 15 is 0 Å². The fourth-order valence-electron chi connectivity index (χ4n) is 2.87. The lowest BCUT2D eigenvalue weighted by Crippen LogP contribution is -2.14. The maximum Gasteiger partial charge on any atom is 0.226 e. The predicted molar refractivity (Wildman–Crippen MR) is 101 cm³/mol. The molecular weight excluding hydrogens is 403 g/mol. The van der Waals surface area contributed by atoms with Crippen LogP contribution in [-0.4, -0.2) is 32.6 Å². The van der Waals surface area contributed by atoms with Crippen LogP contribution in [0.3, 0.4) is 0 Å². The minimum absolute atomic E-state index is 0.0369. The second-order valence-electron chi connectivity index (χ2n) is 6.77. The van der Waals surface area contributed by atoms with Gasteiger partial charge in [0.15, 0.2) is 19.9 Å². The number of benzene rings is 2. The Hall–Kier alpha value is -2.52. The Labute approximate surface area is 162 Å². The maximum absolute atomic E-state index is 13.2. The van der Waals surface area contributed by atoms with Gasteiger partial charge in [0.2, 0.25) is 9.84 Å². The maximum atomic E-state index is 13.2. The molecule has 0 radical (unpaired) electrons. The van der Waals surface area contributed by atoms with Crippen LogP contribution in [-0.2, 0) is 19.7 Å². The quantitative estimate of drug-likeness (QED) is 0.618. The van der Waals surface area contributed by atoms with E-state index < -0.39 is 35.5 Å². The summed E-state index contributed by atoms with van der Waals surface area (Å²) in [7, 11) is -8.15. The molecule has 0 bridgehead atoms. The van der Waals surface area contributed by atoms with E-state index in [0.717, 1.165) is 37.1 Å². The molecule has 28 heavy (non-hydrogen) atoms. The fraction of sp³-hybridized carbons (Fsp3) is 0.211. The van der Waals surface area contributed by atoms with E-state index in [4.69, 9.17) is 0 Å². The van der Waals surface area contributed by atoms with Gasteiger partial charge in [0.05, 0.1) is 10.6 Å². The Morgan fingerprint density at radius 2 is 1.61 bits per heavy atom. The lowest BCUT2D eigenvalue weighted by molar-refractivity contribution is 0.574. The molecule has 4 rings (SSSR count). The largest absolute Gasteiger partial charge is 0.328 e. The molecule has 1 heterocycles. The third kappa shape index (κ3) is 3.59. The zero-order valence-electron chi connectivity index (χ0n) is 14.7. The van der Waals surface area contributed by atoms with E-state index in [-0.39, 0.29) is 22.4 Å². The van der Waals surface area contributed by atoms with Gasteiger partial charge in [-0.25, -0.2) is 26.2 Å². The normalized spacial score (nSPS) is 14.9. The van der Waals surface area contributed by atoms with E-state index in [1.807, 2.05) is 0 Å². The first-order valence-electron chi connectivity index (χ1n) is 8.66. The molecule has 2 aromatic carbocycles. The van der Waals surface area contributed by atoms with Crippen molar-refractivity contribution in [2.75, 3.05) is 5.75 Å². The molecule has 3 aromatic rings. The Morgan fingerprint density at radius 3 is 2.21 bits per heavy atom. The number of aromatic nitrogens is 2. The summed E-state index contributed by atoms with van der Waals surface area (Å²) < 4.78 is 65.2. The van der Waals surface area contributed by atoms with Crippen molar-refractivity contribution in [1.29, 1.82) is 0 Å². The molecule has 1 N–H and O–H groups in total.